The van der Waals surface area contributed by atoms with Crippen LogP contribution in [0.15, 0.2) is 119 Å². The van der Waals surface area contributed by atoms with Gasteiger partial charge in [0.25, 0.3) is 5.52 Å². The zero-order valence-corrected chi connectivity index (χ0v) is 35.6. The second kappa shape index (κ2) is 18.0. The monoisotopic (exact) mass is 880 g/mol. The molecule has 5 aromatic rings. The Morgan fingerprint density at radius 1 is 0.686 bits per heavy atom. The number of hydrogen-bond donors (Lipinski definition) is 0. The van der Waals surface area contributed by atoms with Gasteiger partial charge in [-0.3, -0.25) is 0 Å². The van der Waals surface area contributed by atoms with Crippen LogP contribution in [0.2, 0.25) is 0 Å². The van der Waals surface area contributed by atoms with E-state index >= 15 is 0 Å². The van der Waals surface area contributed by atoms with E-state index in [9.17, 15) is 0 Å². The number of oxazole rings is 1. The first-order valence-corrected chi connectivity index (χ1v) is 17.1. The molecular formula is C42H51Br3N4O2. The maximum Gasteiger partial charge on any atom is 0.374 e. The highest BCUT2D eigenvalue weighted by Gasteiger charge is 2.28. The first kappa shape index (κ1) is 42.2. The Bertz CT molecular complexity index is 1940. The predicted molar refractivity (Wildman–Crippen MR) is 198 cm³/mol. The fraction of sp³-hybridized carbons (Fsp3) is 0.310. The van der Waals surface area contributed by atoms with E-state index in [-0.39, 0.29) is 50.9 Å². The van der Waals surface area contributed by atoms with E-state index < -0.39 is 0 Å². The summed E-state index contributed by atoms with van der Waals surface area (Å²) in [5.41, 5.74) is 8.98. The zero-order valence-electron chi connectivity index (χ0n) is 30.9. The normalized spacial score (nSPS) is 13.7. The summed E-state index contributed by atoms with van der Waals surface area (Å²) in [4.78, 5) is 2.34. The third-order valence-electron chi connectivity index (χ3n) is 8.80. The molecule has 1 aromatic heterocycles. The third kappa shape index (κ3) is 10.9. The molecule has 0 aliphatic carbocycles. The number of benzene rings is 4. The van der Waals surface area contributed by atoms with E-state index in [1.165, 1.54) is 22.3 Å². The highest BCUT2D eigenvalue weighted by atomic mass is 79.9. The van der Waals surface area contributed by atoms with Crippen LogP contribution in [0.3, 0.4) is 0 Å². The maximum atomic E-state index is 6.56. The van der Waals surface area contributed by atoms with Crippen molar-refractivity contribution >= 4 is 22.9 Å². The minimum absolute atomic E-state index is 0. The van der Waals surface area contributed by atoms with Gasteiger partial charge in [-0.2, -0.15) is 4.57 Å². The van der Waals surface area contributed by atoms with Gasteiger partial charge in [-0.05, 0) is 52.9 Å². The van der Waals surface area contributed by atoms with Crippen molar-refractivity contribution in [3.63, 3.8) is 0 Å². The smallest absolute Gasteiger partial charge is 0.374 e. The Hall–Kier alpha value is -3.21. The van der Waals surface area contributed by atoms with Crippen LogP contribution in [0, 0.1) is 0 Å². The molecule has 0 N–H and O–H groups in total. The number of anilines is 1. The molecule has 6 rings (SSSR count). The molecule has 6 nitrogen and oxygen atoms in total. The molecule has 1 aliphatic heterocycles. The summed E-state index contributed by atoms with van der Waals surface area (Å²) in [7, 11) is 13.5. The molecule has 0 saturated heterocycles. The quantitative estimate of drug-likeness (QED) is 0.124. The molecule has 0 amide bonds. The summed E-state index contributed by atoms with van der Waals surface area (Å²) >= 11 is 0. The molecular weight excluding hydrogens is 832 g/mol. The van der Waals surface area contributed by atoms with Gasteiger partial charge < -0.3 is 74.0 Å². The summed E-state index contributed by atoms with van der Waals surface area (Å²) in [6.07, 6.45) is 6.41. The molecule has 51 heavy (non-hydrogen) atoms. The summed E-state index contributed by atoms with van der Waals surface area (Å²) in [5.74, 6) is 2.60. The van der Waals surface area contributed by atoms with Gasteiger partial charge in [0.2, 0.25) is 11.5 Å². The summed E-state index contributed by atoms with van der Waals surface area (Å²) in [6.45, 7) is 6.03. The maximum absolute atomic E-state index is 6.56. The Balaban J connectivity index is 0.00000234. The molecule has 4 aromatic carbocycles. The molecule has 0 bridgehead atoms. The number of quaternary nitrogens is 2. The van der Waals surface area contributed by atoms with Crippen molar-refractivity contribution in [1.29, 1.82) is 0 Å². The van der Waals surface area contributed by atoms with Crippen LogP contribution in [0.5, 0.6) is 5.75 Å². The molecule has 9 heteroatoms. The van der Waals surface area contributed by atoms with Gasteiger partial charge in [-0.25, -0.2) is 0 Å². The average molecular weight is 884 g/mol. The fourth-order valence-corrected chi connectivity index (χ4v) is 6.34. The largest absolute Gasteiger partial charge is 1.00 e. The minimum atomic E-state index is 0. The van der Waals surface area contributed by atoms with Crippen molar-refractivity contribution in [2.24, 2.45) is 0 Å². The number of hydrogen-bond acceptors (Lipinski definition) is 3. The van der Waals surface area contributed by atoms with Crippen molar-refractivity contribution < 1.29 is 73.6 Å². The van der Waals surface area contributed by atoms with Crippen LogP contribution in [-0.2, 0) is 6.54 Å². The van der Waals surface area contributed by atoms with Crippen molar-refractivity contribution in [2.75, 3.05) is 66.8 Å². The first-order valence-electron chi connectivity index (χ1n) is 17.1. The molecule has 0 spiro atoms. The average Bonchev–Trinajstić information content (AvgIpc) is 3.56. The van der Waals surface area contributed by atoms with Crippen LogP contribution >= 0.6 is 0 Å². The van der Waals surface area contributed by atoms with Gasteiger partial charge >= 0.3 is 5.89 Å². The van der Waals surface area contributed by atoms with E-state index in [1.807, 2.05) is 0 Å². The van der Waals surface area contributed by atoms with Crippen molar-refractivity contribution in [2.45, 2.75) is 26.3 Å². The van der Waals surface area contributed by atoms with Crippen LogP contribution < -0.4 is 65.1 Å². The second-order valence-corrected chi connectivity index (χ2v) is 15.0. The van der Waals surface area contributed by atoms with E-state index in [4.69, 9.17) is 9.15 Å². The Morgan fingerprint density at radius 3 is 1.86 bits per heavy atom. The lowest BCUT2D eigenvalue weighted by atomic mass is 10.0. The molecule has 0 unspecified atom stereocenters. The lowest BCUT2D eigenvalue weighted by Gasteiger charge is -2.26. The van der Waals surface area contributed by atoms with E-state index in [0.29, 0.717) is 0 Å². The Labute approximate surface area is 336 Å². The number of ether oxygens (including phenoxy) is 1. The van der Waals surface area contributed by atoms with Gasteiger partial charge in [-0.1, -0.05) is 72.8 Å². The molecule has 1 aliphatic rings. The van der Waals surface area contributed by atoms with Gasteiger partial charge in [-0.15, -0.1) is 0 Å². The topological polar surface area (TPSA) is 29.5 Å². The van der Waals surface area contributed by atoms with Gasteiger partial charge in [0, 0.05) is 25.1 Å². The van der Waals surface area contributed by atoms with E-state index in [0.717, 1.165) is 87.9 Å². The molecule has 0 atom stereocenters. The summed E-state index contributed by atoms with van der Waals surface area (Å²) in [6, 6.07) is 34.2. The van der Waals surface area contributed by atoms with Gasteiger partial charge in [0.15, 0.2) is 12.3 Å². The van der Waals surface area contributed by atoms with E-state index in [2.05, 4.69) is 168 Å². The number of rotatable bonds is 12. The summed E-state index contributed by atoms with van der Waals surface area (Å²) < 4.78 is 17.3. The van der Waals surface area contributed by atoms with Crippen LogP contribution in [0.1, 0.15) is 25.7 Å². The first-order chi connectivity index (χ1) is 22.9. The van der Waals surface area contributed by atoms with Crippen molar-refractivity contribution in [3.05, 3.63) is 120 Å². The van der Waals surface area contributed by atoms with E-state index in [1.54, 1.807) is 0 Å². The molecule has 0 radical (unpaired) electrons. The predicted octanol–water partition coefficient (Wildman–Crippen LogP) is -0.597. The van der Waals surface area contributed by atoms with Crippen LogP contribution in [0.4, 0.5) is 5.69 Å². The van der Waals surface area contributed by atoms with Crippen molar-refractivity contribution in [3.8, 4) is 28.0 Å². The second-order valence-electron chi connectivity index (χ2n) is 15.0. The van der Waals surface area contributed by atoms with Crippen LogP contribution in [0.25, 0.3) is 39.4 Å². The standard InChI is InChI=1S/C42H51N4O2.3BrH/c1-32(28-41-43(24-14-26-45(2,3)4)37-30-35(20-22-39(37)47-41)33-16-10-8-11-17-33)29-42-44(25-15-27-46(5,6)7)38-31-36(21-23-40(38)48-42)34-18-12-9-13-19-34;;;/h8-13,16-23,28-31H,14-15,24-27H2,1-7H3;3*1H/q+3;;;/p-3. The Morgan fingerprint density at radius 2 is 1.25 bits per heavy atom. The highest BCUT2D eigenvalue weighted by Crippen LogP contribution is 2.42. The molecule has 272 valence electrons. The number of halogens is 3. The number of fused-ring (bicyclic) bond motifs is 2. The van der Waals surface area contributed by atoms with Gasteiger partial charge in [0.1, 0.15) is 0 Å². The molecule has 0 saturated carbocycles. The minimum Gasteiger partial charge on any atom is -1.00 e. The summed E-state index contributed by atoms with van der Waals surface area (Å²) in [5, 5.41) is 0. The number of nitrogens with zero attached hydrogens (tertiary/aromatic N) is 4. The van der Waals surface area contributed by atoms with Crippen molar-refractivity contribution in [1.82, 2.24) is 0 Å². The number of aromatic nitrogens is 1. The third-order valence-corrected chi connectivity index (χ3v) is 8.80. The highest BCUT2D eigenvalue weighted by molar-refractivity contribution is 5.79. The number of aryl methyl sites for hydroxylation is 1. The van der Waals surface area contributed by atoms with Crippen LogP contribution in [-0.4, -0.2) is 70.9 Å². The lowest BCUT2D eigenvalue weighted by Crippen LogP contribution is -3.00. The molecule has 2 heterocycles. The SMILES string of the molecule is CC(=Cc1oc2ccc(-c3ccccc3)cc2[n+]1CCC[N+](C)(C)C)C=C1Oc2ccc(-c3ccccc3)cc2N1CCC[N+](C)(C)C.[Br-].[Br-].[Br-]. The Kier molecular flexibility index (Phi) is 14.9. The molecule has 0 fully saturated rings. The number of allylic oxidation sites excluding steroid dienone is 2. The van der Waals surface area contributed by atoms with Gasteiger partial charge in [0.05, 0.1) is 73.6 Å². The lowest BCUT2D eigenvalue weighted by molar-refractivity contribution is -0.873. The zero-order chi connectivity index (χ0) is 33.9. The fourth-order valence-electron chi connectivity index (χ4n) is 6.34.